The van der Waals surface area contributed by atoms with Gasteiger partial charge in [-0.2, -0.15) is 0 Å². The Morgan fingerprint density at radius 2 is 1.84 bits per heavy atom. The molecule has 6 nitrogen and oxygen atoms in total. The second kappa shape index (κ2) is 8.43. The zero-order valence-corrected chi connectivity index (χ0v) is 15.2. The molecule has 0 saturated carbocycles. The van der Waals surface area contributed by atoms with Crippen LogP contribution in [0.3, 0.4) is 0 Å². The van der Waals surface area contributed by atoms with E-state index >= 15 is 0 Å². The van der Waals surface area contributed by atoms with E-state index in [-0.39, 0.29) is 5.78 Å². The third kappa shape index (κ3) is 5.72. The van der Waals surface area contributed by atoms with E-state index in [9.17, 15) is 14.4 Å². The van der Waals surface area contributed by atoms with Gasteiger partial charge in [-0.15, -0.1) is 0 Å². The third-order valence-electron chi connectivity index (χ3n) is 3.20. The molecule has 0 saturated heterocycles. The van der Waals surface area contributed by atoms with Crippen molar-refractivity contribution >= 4 is 45.4 Å². The van der Waals surface area contributed by atoms with E-state index in [4.69, 9.17) is 9.15 Å². The first-order chi connectivity index (χ1) is 11.8. The van der Waals surface area contributed by atoms with Crippen molar-refractivity contribution in [1.29, 1.82) is 0 Å². The Labute approximate surface area is 153 Å². The van der Waals surface area contributed by atoms with Crippen molar-refractivity contribution in [2.24, 2.45) is 0 Å². The number of carbonyl (C=O) groups excluding carboxylic acids is 3. The second-order valence-electron chi connectivity index (χ2n) is 5.18. The average molecular weight is 406 g/mol. The maximum atomic E-state index is 12.0. The van der Waals surface area contributed by atoms with Gasteiger partial charge >= 0.3 is 5.97 Å². The number of ether oxygens (including phenoxy) is 1. The van der Waals surface area contributed by atoms with E-state index in [2.05, 4.69) is 21.2 Å². The Morgan fingerprint density at radius 1 is 1.16 bits per heavy atom. The number of carbonyl (C=O) groups is 3. The van der Waals surface area contributed by atoms with Crippen molar-refractivity contribution in [3.05, 3.63) is 58.5 Å². The van der Waals surface area contributed by atoms with E-state index in [0.717, 1.165) is 0 Å². The zero-order chi connectivity index (χ0) is 18.4. The summed E-state index contributed by atoms with van der Waals surface area (Å²) in [6, 6.07) is 9.81. The molecule has 0 bridgehead atoms. The van der Waals surface area contributed by atoms with Crippen LogP contribution in [0.15, 0.2) is 51.6 Å². The summed E-state index contributed by atoms with van der Waals surface area (Å²) >= 11 is 3.15. The molecular weight excluding hydrogens is 390 g/mol. The quantitative estimate of drug-likeness (QED) is 0.448. The highest BCUT2D eigenvalue weighted by Gasteiger charge is 2.16. The van der Waals surface area contributed by atoms with Crippen LogP contribution in [0.1, 0.15) is 30.0 Å². The van der Waals surface area contributed by atoms with Gasteiger partial charge in [0, 0.05) is 17.3 Å². The molecule has 0 aliphatic carbocycles. The summed E-state index contributed by atoms with van der Waals surface area (Å²) in [5.41, 5.74) is 1.06. The van der Waals surface area contributed by atoms with Crippen molar-refractivity contribution in [3.8, 4) is 0 Å². The standard InChI is InChI=1S/C18H16BrNO5/c1-11(21)13-3-5-14(6-4-13)20-18(23)12(2)24-17(22)10-8-15-7-9-16(19)25-15/h3-10,12H,1-2H3,(H,20,23)/b10-8+/t12-/m0/s1. The van der Waals surface area contributed by atoms with Crippen molar-refractivity contribution in [2.75, 3.05) is 5.32 Å². The number of rotatable bonds is 6. The van der Waals surface area contributed by atoms with Crippen LogP contribution in [0.25, 0.3) is 6.08 Å². The van der Waals surface area contributed by atoms with Crippen molar-refractivity contribution in [1.82, 2.24) is 0 Å². The predicted molar refractivity (Wildman–Crippen MR) is 96.1 cm³/mol. The Bertz CT molecular complexity index is 807. The fourth-order valence-electron chi connectivity index (χ4n) is 1.87. The first-order valence-corrected chi connectivity index (χ1v) is 8.20. The van der Waals surface area contributed by atoms with Gasteiger partial charge in [0.2, 0.25) is 0 Å². The van der Waals surface area contributed by atoms with Crippen LogP contribution < -0.4 is 5.32 Å². The number of esters is 1. The summed E-state index contributed by atoms with van der Waals surface area (Å²) in [6.45, 7) is 2.93. The number of nitrogens with one attached hydrogen (secondary N) is 1. The summed E-state index contributed by atoms with van der Waals surface area (Å²) in [5, 5.41) is 2.61. The Morgan fingerprint density at radius 3 is 2.40 bits per heavy atom. The molecule has 1 aromatic carbocycles. The van der Waals surface area contributed by atoms with E-state index in [1.165, 1.54) is 26.0 Å². The van der Waals surface area contributed by atoms with E-state index in [0.29, 0.717) is 21.7 Å². The van der Waals surface area contributed by atoms with Crippen LogP contribution in [0.4, 0.5) is 5.69 Å². The molecule has 2 aromatic rings. The number of anilines is 1. The molecule has 1 atom stereocenters. The Balaban J connectivity index is 1.87. The average Bonchev–Trinajstić information content (AvgIpc) is 2.99. The molecule has 0 aliphatic rings. The molecule has 7 heteroatoms. The minimum Gasteiger partial charge on any atom is -0.450 e. The molecule has 1 heterocycles. The molecule has 1 aromatic heterocycles. The molecule has 130 valence electrons. The third-order valence-corrected chi connectivity index (χ3v) is 3.62. The largest absolute Gasteiger partial charge is 0.450 e. The fraction of sp³-hybridized carbons (Fsp3) is 0.167. The highest BCUT2D eigenvalue weighted by molar-refractivity contribution is 9.10. The van der Waals surface area contributed by atoms with Gasteiger partial charge in [0.1, 0.15) is 5.76 Å². The number of furan rings is 1. The highest BCUT2D eigenvalue weighted by atomic mass is 79.9. The molecule has 25 heavy (non-hydrogen) atoms. The van der Waals surface area contributed by atoms with E-state index in [1.54, 1.807) is 36.4 Å². The summed E-state index contributed by atoms with van der Waals surface area (Å²) in [4.78, 5) is 35.0. The zero-order valence-electron chi connectivity index (χ0n) is 13.6. The summed E-state index contributed by atoms with van der Waals surface area (Å²) in [5.74, 6) is -0.720. The van der Waals surface area contributed by atoms with Crippen molar-refractivity contribution < 1.29 is 23.5 Å². The van der Waals surface area contributed by atoms with Crippen LogP contribution >= 0.6 is 15.9 Å². The highest BCUT2D eigenvalue weighted by Crippen LogP contribution is 2.15. The lowest BCUT2D eigenvalue weighted by atomic mass is 10.1. The number of hydrogen-bond acceptors (Lipinski definition) is 5. The number of hydrogen-bond donors (Lipinski definition) is 1. The Kier molecular flexibility index (Phi) is 6.30. The van der Waals surface area contributed by atoms with Gasteiger partial charge < -0.3 is 14.5 Å². The molecule has 1 N–H and O–H groups in total. The van der Waals surface area contributed by atoms with Gasteiger partial charge in [0.15, 0.2) is 16.6 Å². The molecule has 2 rings (SSSR count). The monoisotopic (exact) mass is 405 g/mol. The van der Waals surface area contributed by atoms with Crippen molar-refractivity contribution in [2.45, 2.75) is 20.0 Å². The minimum absolute atomic E-state index is 0.0597. The van der Waals surface area contributed by atoms with Gasteiger partial charge in [0.05, 0.1) is 0 Å². The van der Waals surface area contributed by atoms with Gasteiger partial charge in [-0.25, -0.2) is 4.79 Å². The summed E-state index contributed by atoms with van der Waals surface area (Å²) in [7, 11) is 0. The number of benzene rings is 1. The molecule has 0 aliphatic heterocycles. The molecule has 0 radical (unpaired) electrons. The van der Waals surface area contributed by atoms with Gasteiger partial charge in [0.25, 0.3) is 5.91 Å². The maximum absolute atomic E-state index is 12.0. The molecular formula is C18H16BrNO5. The molecule has 0 unspecified atom stereocenters. The summed E-state index contributed by atoms with van der Waals surface area (Å²) < 4.78 is 10.8. The number of Topliss-reactive ketones (excluding diaryl/α,β-unsaturated/α-hetero) is 1. The first kappa shape index (κ1) is 18.7. The molecule has 1 amide bonds. The van der Waals surface area contributed by atoms with Gasteiger partial charge in [-0.05, 0) is 72.3 Å². The van der Waals surface area contributed by atoms with Crippen LogP contribution in [0, 0.1) is 0 Å². The lowest BCUT2D eigenvalue weighted by molar-refractivity contribution is -0.148. The Hall–Kier alpha value is -2.67. The first-order valence-electron chi connectivity index (χ1n) is 7.41. The number of amides is 1. The SMILES string of the molecule is CC(=O)c1ccc(NC(=O)[C@H](C)OC(=O)/C=C/c2ccc(Br)o2)cc1. The molecule has 0 fully saturated rings. The van der Waals surface area contributed by atoms with Crippen LogP contribution in [-0.2, 0) is 14.3 Å². The normalized spacial score (nSPS) is 12.0. The van der Waals surface area contributed by atoms with Crippen LogP contribution in [0.5, 0.6) is 0 Å². The molecule has 0 spiro atoms. The van der Waals surface area contributed by atoms with Crippen molar-refractivity contribution in [3.63, 3.8) is 0 Å². The maximum Gasteiger partial charge on any atom is 0.331 e. The minimum atomic E-state index is -0.979. The van der Waals surface area contributed by atoms with Gasteiger partial charge in [-0.1, -0.05) is 0 Å². The van der Waals surface area contributed by atoms with E-state index < -0.39 is 18.0 Å². The predicted octanol–water partition coefficient (Wildman–Crippen LogP) is 3.83. The van der Waals surface area contributed by atoms with Crippen LogP contribution in [0.2, 0.25) is 0 Å². The number of halogens is 1. The second-order valence-corrected chi connectivity index (χ2v) is 5.96. The lowest BCUT2D eigenvalue weighted by Gasteiger charge is -2.12. The number of ketones is 1. The van der Waals surface area contributed by atoms with Gasteiger partial charge in [-0.3, -0.25) is 9.59 Å². The smallest absolute Gasteiger partial charge is 0.331 e. The fourth-order valence-corrected chi connectivity index (χ4v) is 2.19. The van der Waals surface area contributed by atoms with E-state index in [1.807, 2.05) is 0 Å². The van der Waals surface area contributed by atoms with Crippen LogP contribution in [-0.4, -0.2) is 23.8 Å². The topological polar surface area (TPSA) is 85.6 Å². The summed E-state index contributed by atoms with van der Waals surface area (Å²) in [6.07, 6.45) is 1.64. The lowest BCUT2D eigenvalue weighted by Crippen LogP contribution is -2.29.